The Morgan fingerprint density at radius 1 is 0.708 bits per heavy atom. The molecule has 0 saturated heterocycles. The molecule has 2 aliphatic rings. The van der Waals surface area contributed by atoms with E-state index < -0.39 is 20.8 Å². The maximum atomic E-state index is 4.93. The first-order chi connectivity index (χ1) is 11.4. The van der Waals surface area contributed by atoms with Crippen molar-refractivity contribution in [1.29, 1.82) is 0 Å². The first-order valence-corrected chi connectivity index (χ1v) is 13.5. The first kappa shape index (κ1) is 26.1. The second-order valence-electron chi connectivity index (χ2n) is 4.00. The molecule has 0 aromatic heterocycles. The normalized spacial score (nSPS) is 11.1. The summed E-state index contributed by atoms with van der Waals surface area (Å²) in [5.41, 5.74) is 0. The smallest absolute Gasteiger partial charge is 0.214 e. The molecule has 0 nitrogen and oxygen atoms in total. The van der Waals surface area contributed by atoms with E-state index in [1.54, 1.807) is 0 Å². The molecule has 122 valence electrons. The molecule has 0 spiro atoms. The minimum Gasteiger partial charge on any atom is -0.214 e. The van der Waals surface area contributed by atoms with E-state index in [-0.39, 0.29) is 21.7 Å². The van der Waals surface area contributed by atoms with Gasteiger partial charge in [-0.1, -0.05) is 0 Å². The number of allylic oxidation sites excluding steroid dienone is 8. The van der Waals surface area contributed by atoms with E-state index in [4.69, 9.17) is 17.0 Å². The molecule has 0 N–H and O–H groups in total. The Morgan fingerprint density at radius 3 is 1.12 bits per heavy atom. The molecule has 4 heteroatoms. The molecule has 0 aliphatic heterocycles. The van der Waals surface area contributed by atoms with E-state index in [2.05, 4.69) is 24.3 Å². The van der Waals surface area contributed by atoms with Crippen LogP contribution >= 0.6 is 17.0 Å². The van der Waals surface area contributed by atoms with Crippen molar-refractivity contribution in [3.05, 3.63) is 109 Å². The summed E-state index contributed by atoms with van der Waals surface area (Å²) < 4.78 is 0. The average Bonchev–Trinajstić information content (AvgIpc) is 3.47. The van der Waals surface area contributed by atoms with Crippen LogP contribution in [0.1, 0.15) is 12.8 Å². The monoisotopic (exact) mass is 468 g/mol. The Morgan fingerprint density at radius 2 is 1.04 bits per heavy atom. The molecule has 0 radical (unpaired) electrons. The number of halogens is 2. The third kappa shape index (κ3) is 24.1. The van der Waals surface area contributed by atoms with Crippen LogP contribution in [-0.2, 0) is 42.6 Å². The zero-order valence-corrected chi connectivity index (χ0v) is 18.9. The number of rotatable bonds is 0. The van der Waals surface area contributed by atoms with Gasteiger partial charge in [-0.05, 0) is 0 Å². The van der Waals surface area contributed by atoms with Gasteiger partial charge in [0.2, 0.25) is 0 Å². The van der Waals surface area contributed by atoms with E-state index >= 15 is 0 Å². The summed E-state index contributed by atoms with van der Waals surface area (Å²) >= 11 is -0.826. The SMILES string of the molecule is [C-]1=CC=CC1.[C-]1=CC=CC1.[Cl][Zr+2][Cl].[Ti+2].c1cc[cH-]c1.c1cc[cH-]c1. The standard InChI is InChI=1S/4C5H5.2ClH.Ti.Zr/c4*1-2-4-5-3-1;;;;/h2*1-3H,4H2;2*1-5H;2*1H;;/q4*-1;;;+2;+4/p-2. The van der Waals surface area contributed by atoms with Gasteiger partial charge in [-0.2, -0.15) is 48.6 Å². The number of hydrogen-bond acceptors (Lipinski definition) is 0. The fraction of sp³-hybridized carbons (Fsp3) is 0.100. The van der Waals surface area contributed by atoms with Crippen molar-refractivity contribution in [2.24, 2.45) is 0 Å². The Balaban J connectivity index is 0. The quantitative estimate of drug-likeness (QED) is 0.294. The molecule has 0 bridgehead atoms. The van der Waals surface area contributed by atoms with Crippen molar-refractivity contribution >= 4 is 17.0 Å². The number of hydrogen-bond donors (Lipinski definition) is 0. The maximum absolute atomic E-state index is 4.93. The molecule has 0 saturated carbocycles. The third-order valence-corrected chi connectivity index (χ3v) is 2.28. The summed E-state index contributed by atoms with van der Waals surface area (Å²) in [6, 6.07) is 20.0. The second-order valence-corrected chi connectivity index (χ2v) is 7.73. The molecule has 4 rings (SSSR count). The molecule has 2 aliphatic carbocycles. The van der Waals surface area contributed by atoms with Crippen molar-refractivity contribution in [3.63, 3.8) is 0 Å². The van der Waals surface area contributed by atoms with Gasteiger partial charge >= 0.3 is 59.6 Å². The zero-order chi connectivity index (χ0) is 16.8. The van der Waals surface area contributed by atoms with Crippen molar-refractivity contribution in [2.75, 3.05) is 0 Å². The van der Waals surface area contributed by atoms with Crippen molar-refractivity contribution in [3.8, 4) is 0 Å². The third-order valence-electron chi connectivity index (χ3n) is 2.28. The van der Waals surface area contributed by atoms with Crippen LogP contribution in [0, 0.1) is 12.2 Å². The van der Waals surface area contributed by atoms with Gasteiger partial charge in [-0.15, -0.1) is 12.8 Å². The van der Waals surface area contributed by atoms with Gasteiger partial charge in [-0.3, -0.25) is 12.2 Å². The first-order valence-electron chi connectivity index (χ1n) is 7.15. The minimum absolute atomic E-state index is 0. The molecule has 0 atom stereocenters. The summed E-state index contributed by atoms with van der Waals surface area (Å²) in [6.07, 6.45) is 20.0. The summed E-state index contributed by atoms with van der Waals surface area (Å²) in [6.45, 7) is 0. The van der Waals surface area contributed by atoms with Crippen molar-refractivity contribution in [2.45, 2.75) is 12.8 Å². The van der Waals surface area contributed by atoms with Crippen LogP contribution in [-0.4, -0.2) is 0 Å². The molecule has 24 heavy (non-hydrogen) atoms. The molecule has 2 aromatic rings. The molecule has 0 fully saturated rings. The van der Waals surface area contributed by atoms with Crippen LogP contribution in [0.25, 0.3) is 0 Å². The van der Waals surface area contributed by atoms with Gasteiger partial charge in [0.15, 0.2) is 0 Å². The van der Waals surface area contributed by atoms with Gasteiger partial charge in [0, 0.05) is 0 Å². The summed E-state index contributed by atoms with van der Waals surface area (Å²) in [5, 5.41) is 0. The fourth-order valence-electron chi connectivity index (χ4n) is 1.32. The van der Waals surface area contributed by atoms with Gasteiger partial charge in [-0.25, -0.2) is 48.6 Å². The van der Waals surface area contributed by atoms with E-state index in [0.29, 0.717) is 0 Å². The van der Waals surface area contributed by atoms with Crippen molar-refractivity contribution in [1.82, 2.24) is 0 Å². The Kier molecular flexibility index (Phi) is 27.2. The molecule has 0 heterocycles. The van der Waals surface area contributed by atoms with E-state index in [0.717, 1.165) is 12.8 Å². The van der Waals surface area contributed by atoms with E-state index in [1.165, 1.54) is 0 Å². The van der Waals surface area contributed by atoms with Crippen LogP contribution in [0.2, 0.25) is 0 Å². The zero-order valence-electron chi connectivity index (χ0n) is 13.4. The Labute approximate surface area is 180 Å². The second kappa shape index (κ2) is 25.1. The predicted molar refractivity (Wildman–Crippen MR) is 98.9 cm³/mol. The maximum Gasteiger partial charge on any atom is 2.00 e. The topological polar surface area (TPSA) is 0 Å². The van der Waals surface area contributed by atoms with Crippen LogP contribution in [0.15, 0.2) is 97.1 Å². The fourth-order valence-corrected chi connectivity index (χ4v) is 1.32. The van der Waals surface area contributed by atoms with Crippen LogP contribution in [0.3, 0.4) is 0 Å². The average molecular weight is 470 g/mol. The van der Waals surface area contributed by atoms with Gasteiger partial charge in [0.25, 0.3) is 0 Å². The molecular formula is C20H20Cl2TiZr. The van der Waals surface area contributed by atoms with Gasteiger partial charge in [0.05, 0.1) is 0 Å². The molecule has 2 aromatic carbocycles. The predicted octanol–water partition coefficient (Wildman–Crippen LogP) is 6.80. The summed E-state index contributed by atoms with van der Waals surface area (Å²) in [5.74, 6) is 0. The molecule has 0 unspecified atom stereocenters. The van der Waals surface area contributed by atoms with Gasteiger partial charge < -0.3 is 0 Å². The van der Waals surface area contributed by atoms with Crippen LogP contribution in [0.5, 0.6) is 0 Å². The largest absolute Gasteiger partial charge is 2.00 e. The minimum atomic E-state index is -0.826. The summed E-state index contributed by atoms with van der Waals surface area (Å²) in [7, 11) is 9.87. The summed E-state index contributed by atoms with van der Waals surface area (Å²) in [4.78, 5) is 0. The van der Waals surface area contributed by atoms with E-state index in [1.807, 2.05) is 85.0 Å². The van der Waals surface area contributed by atoms with E-state index in [9.17, 15) is 0 Å². The molecular weight excluding hydrogens is 450 g/mol. The molecule has 0 amide bonds. The van der Waals surface area contributed by atoms with Crippen molar-refractivity contribution < 1.29 is 42.6 Å². The van der Waals surface area contributed by atoms with Crippen LogP contribution < -0.4 is 0 Å². The van der Waals surface area contributed by atoms with Crippen LogP contribution in [0.4, 0.5) is 0 Å². The Hall–Kier alpha value is -0.163. The van der Waals surface area contributed by atoms with Gasteiger partial charge in [0.1, 0.15) is 0 Å². The Bertz CT molecular complexity index is 409.